The predicted octanol–water partition coefficient (Wildman–Crippen LogP) is 1.53. The van der Waals surface area contributed by atoms with Crippen LogP contribution in [0.1, 0.15) is 20.3 Å². The molecule has 1 fully saturated rings. The highest BCUT2D eigenvalue weighted by molar-refractivity contribution is 5.24. The lowest BCUT2D eigenvalue weighted by atomic mass is 10.0. The standard InChI is InChI=1S/C12H20N2O2/c1-9(2)11-5-12(14-13-6-11)16-8-10-3-4-15-7-10/h5-6,9-10,13-14H,3-4,7-8H2,1-2H3. The van der Waals surface area contributed by atoms with Crippen LogP contribution in [0, 0.1) is 11.8 Å². The van der Waals surface area contributed by atoms with E-state index in [-0.39, 0.29) is 0 Å². The molecule has 0 aliphatic carbocycles. The molecular formula is C12H20N2O2. The molecule has 1 unspecified atom stereocenters. The lowest BCUT2D eigenvalue weighted by Gasteiger charge is -2.20. The van der Waals surface area contributed by atoms with Gasteiger partial charge in [0.1, 0.15) is 0 Å². The van der Waals surface area contributed by atoms with Crippen molar-refractivity contribution in [3.63, 3.8) is 0 Å². The molecule has 16 heavy (non-hydrogen) atoms. The minimum atomic E-state index is 0.503. The second-order valence-electron chi connectivity index (χ2n) is 4.62. The van der Waals surface area contributed by atoms with Gasteiger partial charge in [-0.25, -0.2) is 0 Å². The maximum atomic E-state index is 5.71. The van der Waals surface area contributed by atoms with Gasteiger partial charge in [0.25, 0.3) is 0 Å². The van der Waals surface area contributed by atoms with Gasteiger partial charge in [-0.1, -0.05) is 13.8 Å². The first-order valence-corrected chi connectivity index (χ1v) is 5.89. The summed E-state index contributed by atoms with van der Waals surface area (Å²) in [4.78, 5) is 0. The van der Waals surface area contributed by atoms with Crippen molar-refractivity contribution in [2.75, 3.05) is 19.8 Å². The van der Waals surface area contributed by atoms with E-state index in [1.54, 1.807) is 0 Å². The van der Waals surface area contributed by atoms with E-state index in [1.807, 2.05) is 6.20 Å². The molecule has 2 N–H and O–H groups in total. The van der Waals surface area contributed by atoms with Gasteiger partial charge in [0.15, 0.2) is 0 Å². The second-order valence-corrected chi connectivity index (χ2v) is 4.62. The van der Waals surface area contributed by atoms with E-state index < -0.39 is 0 Å². The van der Waals surface area contributed by atoms with Crippen molar-refractivity contribution in [1.82, 2.24) is 10.9 Å². The average molecular weight is 224 g/mol. The number of nitrogens with one attached hydrogen (secondary N) is 2. The summed E-state index contributed by atoms with van der Waals surface area (Å²) in [5, 5.41) is 0. The summed E-state index contributed by atoms with van der Waals surface area (Å²) in [5.41, 5.74) is 7.25. The second kappa shape index (κ2) is 5.25. The summed E-state index contributed by atoms with van der Waals surface area (Å²) >= 11 is 0. The van der Waals surface area contributed by atoms with Gasteiger partial charge in [-0.3, -0.25) is 5.43 Å². The zero-order chi connectivity index (χ0) is 11.4. The maximum Gasteiger partial charge on any atom is 0.205 e. The van der Waals surface area contributed by atoms with Crippen LogP contribution in [0.25, 0.3) is 0 Å². The van der Waals surface area contributed by atoms with E-state index >= 15 is 0 Å². The summed E-state index contributed by atoms with van der Waals surface area (Å²) in [7, 11) is 0. The van der Waals surface area contributed by atoms with Crippen LogP contribution in [0.3, 0.4) is 0 Å². The van der Waals surface area contributed by atoms with Gasteiger partial charge in [0.05, 0.1) is 13.2 Å². The van der Waals surface area contributed by atoms with Crippen molar-refractivity contribution >= 4 is 0 Å². The Morgan fingerprint density at radius 1 is 1.56 bits per heavy atom. The van der Waals surface area contributed by atoms with Gasteiger partial charge in [-0.05, 0) is 17.9 Å². The Kier molecular flexibility index (Phi) is 3.72. The molecule has 2 rings (SSSR count). The van der Waals surface area contributed by atoms with Crippen molar-refractivity contribution in [2.24, 2.45) is 11.8 Å². The van der Waals surface area contributed by atoms with Gasteiger partial charge in [-0.15, -0.1) is 0 Å². The number of hydrogen-bond donors (Lipinski definition) is 2. The van der Waals surface area contributed by atoms with E-state index in [0.717, 1.165) is 32.1 Å². The molecule has 90 valence electrons. The van der Waals surface area contributed by atoms with Crippen LogP contribution < -0.4 is 10.9 Å². The normalized spacial score (nSPS) is 24.6. The molecule has 4 heteroatoms. The van der Waals surface area contributed by atoms with Crippen LogP contribution in [0.5, 0.6) is 0 Å². The van der Waals surface area contributed by atoms with E-state index in [4.69, 9.17) is 9.47 Å². The fourth-order valence-electron chi connectivity index (χ4n) is 1.75. The average Bonchev–Trinajstić information content (AvgIpc) is 2.79. The summed E-state index contributed by atoms with van der Waals surface area (Å²) in [6.45, 7) is 6.75. The van der Waals surface area contributed by atoms with Crippen LogP contribution in [0.2, 0.25) is 0 Å². The quantitative estimate of drug-likeness (QED) is 0.760. The van der Waals surface area contributed by atoms with E-state index in [0.29, 0.717) is 11.8 Å². The van der Waals surface area contributed by atoms with Crippen molar-refractivity contribution in [3.05, 3.63) is 23.7 Å². The summed E-state index contributed by atoms with van der Waals surface area (Å²) in [6, 6.07) is 0. The Bertz CT molecular complexity index is 291. The highest BCUT2D eigenvalue weighted by Gasteiger charge is 2.17. The SMILES string of the molecule is CC(C)C1=CNNC(OCC2CCOC2)=C1. The third kappa shape index (κ3) is 2.92. The molecule has 0 spiro atoms. The minimum Gasteiger partial charge on any atom is -0.478 e. The van der Waals surface area contributed by atoms with Gasteiger partial charge >= 0.3 is 0 Å². The van der Waals surface area contributed by atoms with E-state index in [9.17, 15) is 0 Å². The van der Waals surface area contributed by atoms with Crippen LogP contribution in [-0.2, 0) is 9.47 Å². The van der Waals surface area contributed by atoms with Crippen molar-refractivity contribution in [3.8, 4) is 0 Å². The minimum absolute atomic E-state index is 0.503. The van der Waals surface area contributed by atoms with Crippen molar-refractivity contribution < 1.29 is 9.47 Å². The number of hydrazine groups is 1. The van der Waals surface area contributed by atoms with Crippen LogP contribution in [0.4, 0.5) is 0 Å². The topological polar surface area (TPSA) is 42.5 Å². The molecule has 0 aromatic heterocycles. The zero-order valence-electron chi connectivity index (χ0n) is 9.95. The molecule has 2 heterocycles. The lowest BCUT2D eigenvalue weighted by molar-refractivity contribution is 0.123. The fraction of sp³-hybridized carbons (Fsp3) is 0.667. The summed E-state index contributed by atoms with van der Waals surface area (Å²) in [5.74, 6) is 1.84. The Morgan fingerprint density at radius 2 is 2.44 bits per heavy atom. The first-order valence-electron chi connectivity index (χ1n) is 5.89. The molecule has 0 aromatic carbocycles. The maximum absolute atomic E-state index is 5.71. The van der Waals surface area contributed by atoms with Gasteiger partial charge in [-0.2, -0.15) is 0 Å². The third-order valence-electron chi connectivity index (χ3n) is 2.90. The highest BCUT2D eigenvalue weighted by atomic mass is 16.5. The van der Waals surface area contributed by atoms with E-state index in [2.05, 4.69) is 30.8 Å². The van der Waals surface area contributed by atoms with E-state index in [1.165, 1.54) is 5.57 Å². The molecule has 0 radical (unpaired) electrons. The zero-order valence-corrected chi connectivity index (χ0v) is 9.95. The van der Waals surface area contributed by atoms with Crippen LogP contribution in [-0.4, -0.2) is 19.8 Å². The van der Waals surface area contributed by atoms with Gasteiger partial charge < -0.3 is 14.9 Å². The predicted molar refractivity (Wildman–Crippen MR) is 62.2 cm³/mol. The fourth-order valence-corrected chi connectivity index (χ4v) is 1.75. The highest BCUT2D eigenvalue weighted by Crippen LogP contribution is 2.17. The number of hydrogen-bond acceptors (Lipinski definition) is 4. The van der Waals surface area contributed by atoms with Crippen molar-refractivity contribution in [1.29, 1.82) is 0 Å². The monoisotopic (exact) mass is 224 g/mol. The molecule has 1 atom stereocenters. The van der Waals surface area contributed by atoms with Gasteiger partial charge in [0.2, 0.25) is 5.88 Å². The smallest absolute Gasteiger partial charge is 0.205 e. The molecular weight excluding hydrogens is 204 g/mol. The molecule has 0 amide bonds. The lowest BCUT2D eigenvalue weighted by Crippen LogP contribution is -2.32. The van der Waals surface area contributed by atoms with Gasteiger partial charge in [0, 0.05) is 24.8 Å². The molecule has 2 aliphatic heterocycles. The Hall–Kier alpha value is -1.16. The first kappa shape index (κ1) is 11.3. The Balaban J connectivity index is 1.82. The first-order chi connectivity index (χ1) is 7.75. The van der Waals surface area contributed by atoms with Crippen LogP contribution >= 0.6 is 0 Å². The Labute approximate surface area is 96.7 Å². The summed E-state index contributed by atoms with van der Waals surface area (Å²) < 4.78 is 11.0. The number of allylic oxidation sites excluding steroid dienone is 2. The molecule has 0 aromatic rings. The molecule has 4 nitrogen and oxygen atoms in total. The molecule has 1 saturated heterocycles. The number of rotatable bonds is 4. The van der Waals surface area contributed by atoms with Crippen LogP contribution in [0.15, 0.2) is 23.7 Å². The molecule has 2 aliphatic rings. The summed E-state index contributed by atoms with van der Waals surface area (Å²) in [6.07, 6.45) is 5.13. The third-order valence-corrected chi connectivity index (χ3v) is 2.90. The molecule has 0 saturated carbocycles. The van der Waals surface area contributed by atoms with Crippen molar-refractivity contribution in [2.45, 2.75) is 20.3 Å². The number of ether oxygens (including phenoxy) is 2. The Morgan fingerprint density at radius 3 is 3.12 bits per heavy atom. The largest absolute Gasteiger partial charge is 0.478 e. The molecule has 0 bridgehead atoms.